The van der Waals surface area contributed by atoms with Crippen LogP contribution in [0.5, 0.6) is 0 Å². The molecule has 1 heterocycles. The molecule has 2 rings (SSSR count). The molecule has 1 saturated carbocycles. The second-order valence-electron chi connectivity index (χ2n) is 6.01. The SMILES string of the molecule is CC(CCC(=O)N[C@@H]1COC2(CCCC2)C1)C(N)=O. The summed E-state index contributed by atoms with van der Waals surface area (Å²) >= 11 is 0. The number of nitrogens with two attached hydrogens (primary N) is 1. The fraction of sp³-hybridized carbons (Fsp3) is 0.857. The van der Waals surface area contributed by atoms with Crippen LogP contribution in [-0.4, -0.2) is 30.1 Å². The summed E-state index contributed by atoms with van der Waals surface area (Å²) < 4.78 is 5.89. The van der Waals surface area contributed by atoms with Gasteiger partial charge < -0.3 is 15.8 Å². The highest BCUT2D eigenvalue weighted by Gasteiger charge is 2.42. The highest BCUT2D eigenvalue weighted by Crippen LogP contribution is 2.40. The van der Waals surface area contributed by atoms with Crippen molar-refractivity contribution in [1.82, 2.24) is 5.32 Å². The van der Waals surface area contributed by atoms with E-state index in [2.05, 4.69) is 5.32 Å². The van der Waals surface area contributed by atoms with Gasteiger partial charge in [-0.2, -0.15) is 0 Å². The van der Waals surface area contributed by atoms with E-state index >= 15 is 0 Å². The smallest absolute Gasteiger partial charge is 0.220 e. The van der Waals surface area contributed by atoms with E-state index in [-0.39, 0.29) is 29.4 Å². The molecule has 5 heteroatoms. The van der Waals surface area contributed by atoms with E-state index in [0.29, 0.717) is 19.4 Å². The first-order valence-electron chi connectivity index (χ1n) is 7.23. The molecule has 1 spiro atoms. The van der Waals surface area contributed by atoms with Crippen LogP contribution in [0.4, 0.5) is 0 Å². The summed E-state index contributed by atoms with van der Waals surface area (Å²) in [7, 11) is 0. The third kappa shape index (κ3) is 3.69. The second kappa shape index (κ2) is 5.90. The number of carbonyl (C=O) groups is 2. The fourth-order valence-corrected chi connectivity index (χ4v) is 3.09. The lowest BCUT2D eigenvalue weighted by molar-refractivity contribution is -0.123. The summed E-state index contributed by atoms with van der Waals surface area (Å²) in [5, 5.41) is 3.01. The number of rotatable bonds is 5. The van der Waals surface area contributed by atoms with Gasteiger partial charge in [-0.25, -0.2) is 0 Å². The van der Waals surface area contributed by atoms with Gasteiger partial charge in [0.05, 0.1) is 18.2 Å². The zero-order chi connectivity index (χ0) is 13.9. The summed E-state index contributed by atoms with van der Waals surface area (Å²) in [4.78, 5) is 22.7. The summed E-state index contributed by atoms with van der Waals surface area (Å²) in [5.74, 6) is -0.592. The molecule has 1 aliphatic carbocycles. The van der Waals surface area contributed by atoms with Crippen molar-refractivity contribution in [3.8, 4) is 0 Å². The number of nitrogens with one attached hydrogen (secondary N) is 1. The van der Waals surface area contributed by atoms with Crippen molar-refractivity contribution in [1.29, 1.82) is 0 Å². The Labute approximate surface area is 114 Å². The Kier molecular flexibility index (Phi) is 4.45. The third-order valence-corrected chi connectivity index (χ3v) is 4.38. The van der Waals surface area contributed by atoms with Crippen molar-refractivity contribution < 1.29 is 14.3 Å². The predicted molar refractivity (Wildman–Crippen MR) is 71.3 cm³/mol. The van der Waals surface area contributed by atoms with Gasteiger partial charge in [0.1, 0.15) is 0 Å². The van der Waals surface area contributed by atoms with Gasteiger partial charge in [-0.1, -0.05) is 19.8 Å². The minimum Gasteiger partial charge on any atom is -0.373 e. The molecule has 0 bridgehead atoms. The van der Waals surface area contributed by atoms with Gasteiger partial charge in [-0.15, -0.1) is 0 Å². The van der Waals surface area contributed by atoms with Gasteiger partial charge in [0.2, 0.25) is 11.8 Å². The first-order chi connectivity index (χ1) is 9.01. The number of ether oxygens (including phenoxy) is 1. The maximum Gasteiger partial charge on any atom is 0.220 e. The molecule has 3 N–H and O–H groups in total. The molecule has 1 unspecified atom stereocenters. The molecule has 1 aliphatic heterocycles. The predicted octanol–water partition coefficient (Wildman–Crippen LogP) is 1.11. The average Bonchev–Trinajstić information content (AvgIpc) is 2.97. The highest BCUT2D eigenvalue weighted by atomic mass is 16.5. The van der Waals surface area contributed by atoms with Crippen LogP contribution in [0, 0.1) is 5.92 Å². The van der Waals surface area contributed by atoms with Crippen LogP contribution in [0.3, 0.4) is 0 Å². The summed E-state index contributed by atoms with van der Waals surface area (Å²) in [6.45, 7) is 2.37. The lowest BCUT2D eigenvalue weighted by Gasteiger charge is -2.21. The molecule has 2 atom stereocenters. The number of hydrogen-bond acceptors (Lipinski definition) is 3. The number of carbonyl (C=O) groups excluding carboxylic acids is 2. The van der Waals surface area contributed by atoms with Crippen LogP contribution < -0.4 is 11.1 Å². The molecule has 19 heavy (non-hydrogen) atoms. The van der Waals surface area contributed by atoms with Crippen LogP contribution in [0.2, 0.25) is 0 Å². The van der Waals surface area contributed by atoms with Gasteiger partial charge in [-0.3, -0.25) is 9.59 Å². The Balaban J connectivity index is 1.70. The Morgan fingerprint density at radius 1 is 1.42 bits per heavy atom. The standard InChI is InChI=1S/C14H24N2O3/c1-10(13(15)18)4-5-12(17)16-11-8-14(19-9-11)6-2-3-7-14/h10-11H,2-9H2,1H3,(H2,15,18)(H,16,17)/t10?,11-/m0/s1. The maximum absolute atomic E-state index is 11.8. The minimum atomic E-state index is -0.345. The average molecular weight is 268 g/mol. The van der Waals surface area contributed by atoms with E-state index in [0.717, 1.165) is 19.3 Å². The normalized spacial score (nSPS) is 26.5. The molecule has 0 aromatic rings. The molecule has 5 nitrogen and oxygen atoms in total. The Bertz CT molecular complexity index is 351. The molecule has 0 aromatic heterocycles. The van der Waals surface area contributed by atoms with Crippen LogP contribution in [0.1, 0.15) is 51.9 Å². The number of primary amides is 1. The number of amides is 2. The second-order valence-corrected chi connectivity index (χ2v) is 6.01. The van der Waals surface area contributed by atoms with Gasteiger partial charge in [0.25, 0.3) is 0 Å². The lowest BCUT2D eigenvalue weighted by Crippen LogP contribution is -2.36. The minimum absolute atomic E-state index is 0.00301. The zero-order valence-corrected chi connectivity index (χ0v) is 11.6. The molecule has 108 valence electrons. The van der Waals surface area contributed by atoms with Crippen molar-refractivity contribution in [2.45, 2.75) is 63.5 Å². The van der Waals surface area contributed by atoms with E-state index in [1.807, 2.05) is 0 Å². The van der Waals surface area contributed by atoms with Gasteiger partial charge in [0.15, 0.2) is 0 Å². The Morgan fingerprint density at radius 2 is 2.11 bits per heavy atom. The largest absolute Gasteiger partial charge is 0.373 e. The molecule has 0 aromatic carbocycles. The van der Waals surface area contributed by atoms with E-state index < -0.39 is 0 Å². The van der Waals surface area contributed by atoms with E-state index in [9.17, 15) is 9.59 Å². The highest BCUT2D eigenvalue weighted by molar-refractivity contribution is 5.79. The monoisotopic (exact) mass is 268 g/mol. The third-order valence-electron chi connectivity index (χ3n) is 4.38. The molecular weight excluding hydrogens is 244 g/mol. The van der Waals surface area contributed by atoms with Crippen LogP contribution >= 0.6 is 0 Å². The summed E-state index contributed by atoms with van der Waals surface area (Å²) in [6.07, 6.45) is 6.52. The van der Waals surface area contributed by atoms with E-state index in [1.54, 1.807) is 6.92 Å². The van der Waals surface area contributed by atoms with Crippen LogP contribution in [-0.2, 0) is 14.3 Å². The maximum atomic E-state index is 11.8. The quantitative estimate of drug-likeness (QED) is 0.783. The molecule has 2 aliphatic rings. The molecule has 2 amide bonds. The van der Waals surface area contributed by atoms with Crippen LogP contribution in [0.25, 0.3) is 0 Å². The van der Waals surface area contributed by atoms with Gasteiger partial charge in [-0.05, 0) is 25.7 Å². The van der Waals surface area contributed by atoms with Crippen LogP contribution in [0.15, 0.2) is 0 Å². The van der Waals surface area contributed by atoms with Crippen molar-refractivity contribution >= 4 is 11.8 Å². The molecule has 0 radical (unpaired) electrons. The van der Waals surface area contributed by atoms with E-state index in [1.165, 1.54) is 12.8 Å². The zero-order valence-electron chi connectivity index (χ0n) is 11.6. The lowest BCUT2D eigenvalue weighted by atomic mass is 9.96. The number of hydrogen-bond donors (Lipinski definition) is 2. The topological polar surface area (TPSA) is 81.4 Å². The van der Waals surface area contributed by atoms with Gasteiger partial charge in [0, 0.05) is 12.3 Å². The fourth-order valence-electron chi connectivity index (χ4n) is 3.09. The Morgan fingerprint density at radius 3 is 2.74 bits per heavy atom. The van der Waals surface area contributed by atoms with Crippen molar-refractivity contribution in [3.63, 3.8) is 0 Å². The van der Waals surface area contributed by atoms with E-state index in [4.69, 9.17) is 10.5 Å². The van der Waals surface area contributed by atoms with Crippen molar-refractivity contribution in [2.75, 3.05) is 6.61 Å². The Hall–Kier alpha value is -1.10. The van der Waals surface area contributed by atoms with Crippen molar-refractivity contribution in [2.24, 2.45) is 11.7 Å². The van der Waals surface area contributed by atoms with Gasteiger partial charge >= 0.3 is 0 Å². The molecule has 2 fully saturated rings. The first kappa shape index (κ1) is 14.3. The summed E-state index contributed by atoms with van der Waals surface area (Å²) in [5.41, 5.74) is 5.21. The van der Waals surface area contributed by atoms with Crippen molar-refractivity contribution in [3.05, 3.63) is 0 Å². The molecule has 1 saturated heterocycles. The molecular formula is C14H24N2O3. The first-order valence-corrected chi connectivity index (χ1v) is 7.23. The summed E-state index contributed by atoms with van der Waals surface area (Å²) in [6, 6.07) is 0.134.